The van der Waals surface area contributed by atoms with Crippen molar-refractivity contribution >= 4 is 10.2 Å². The Morgan fingerprint density at radius 3 is 2.32 bits per heavy atom. The van der Waals surface area contributed by atoms with Crippen molar-refractivity contribution in [2.45, 2.75) is 40.2 Å². The molecule has 0 saturated heterocycles. The Morgan fingerprint density at radius 2 is 1.84 bits per heavy atom. The van der Waals surface area contributed by atoms with Gasteiger partial charge in [0.25, 0.3) is 10.2 Å². The average molecular weight is 289 g/mol. The highest BCUT2D eigenvalue weighted by Crippen LogP contribution is 2.17. The van der Waals surface area contributed by atoms with Crippen LogP contribution in [0.1, 0.15) is 36.8 Å². The van der Waals surface area contributed by atoms with E-state index in [9.17, 15) is 8.42 Å². The van der Waals surface area contributed by atoms with E-state index in [1.165, 1.54) is 8.61 Å². The zero-order valence-corrected chi connectivity index (χ0v) is 13.1. The van der Waals surface area contributed by atoms with Gasteiger partial charge in [-0.15, -0.1) is 0 Å². The van der Waals surface area contributed by atoms with E-state index >= 15 is 0 Å². The molecule has 0 aromatic carbocycles. The Morgan fingerprint density at radius 1 is 1.21 bits per heavy atom. The molecule has 1 aromatic heterocycles. The summed E-state index contributed by atoms with van der Waals surface area (Å²) in [4.78, 5) is 0. The number of hydrogen-bond acceptors (Lipinski definition) is 4. The van der Waals surface area contributed by atoms with Gasteiger partial charge in [0.15, 0.2) is 0 Å². The first-order chi connectivity index (χ1) is 8.80. The highest BCUT2D eigenvalue weighted by molar-refractivity contribution is 7.86. The van der Waals surface area contributed by atoms with Crippen LogP contribution in [0, 0.1) is 13.8 Å². The first-order valence-electron chi connectivity index (χ1n) is 6.40. The van der Waals surface area contributed by atoms with Gasteiger partial charge in [0.1, 0.15) is 5.76 Å². The average Bonchev–Trinajstić information content (AvgIpc) is 2.67. The molecule has 0 unspecified atom stereocenters. The number of unbranched alkanes of at least 4 members (excludes halogenated alkanes) is 1. The van der Waals surface area contributed by atoms with Crippen molar-refractivity contribution < 1.29 is 12.9 Å². The summed E-state index contributed by atoms with van der Waals surface area (Å²) in [6, 6.07) is 0. The fourth-order valence-corrected chi connectivity index (χ4v) is 2.89. The van der Waals surface area contributed by atoms with E-state index < -0.39 is 10.2 Å². The lowest BCUT2D eigenvalue weighted by Crippen LogP contribution is -2.39. The molecule has 0 bridgehead atoms. The maximum Gasteiger partial charge on any atom is 0.281 e. The molecule has 0 spiro atoms. The number of nitrogens with zero attached hydrogens (tertiary/aromatic N) is 3. The van der Waals surface area contributed by atoms with Crippen LogP contribution in [0.3, 0.4) is 0 Å². The van der Waals surface area contributed by atoms with Gasteiger partial charge in [-0.2, -0.15) is 17.0 Å². The predicted molar refractivity (Wildman–Crippen MR) is 73.9 cm³/mol. The monoisotopic (exact) mass is 289 g/mol. The van der Waals surface area contributed by atoms with Crippen molar-refractivity contribution in [3.63, 3.8) is 0 Å². The number of rotatable bonds is 7. The third kappa shape index (κ3) is 3.77. The summed E-state index contributed by atoms with van der Waals surface area (Å²) < 4.78 is 32.3. The molecule has 0 amide bonds. The minimum absolute atomic E-state index is 0.278. The summed E-state index contributed by atoms with van der Waals surface area (Å²) in [6.07, 6.45) is 1.82. The molecule has 0 aliphatic carbocycles. The lowest BCUT2D eigenvalue weighted by molar-refractivity contribution is 0.377. The normalized spacial score (nSPS) is 12.6. The predicted octanol–water partition coefficient (Wildman–Crippen LogP) is 1.70. The van der Waals surface area contributed by atoms with Crippen molar-refractivity contribution in [3.8, 4) is 0 Å². The number of aromatic nitrogens is 1. The molecular weight excluding hydrogens is 266 g/mol. The van der Waals surface area contributed by atoms with Gasteiger partial charge in [0.05, 0.1) is 5.69 Å². The highest BCUT2D eigenvalue weighted by Gasteiger charge is 2.25. The Bertz CT molecular complexity index is 491. The molecule has 0 saturated carbocycles. The summed E-state index contributed by atoms with van der Waals surface area (Å²) in [5.74, 6) is 0.663. The van der Waals surface area contributed by atoms with Crippen LogP contribution in [0.2, 0.25) is 0 Å². The minimum Gasteiger partial charge on any atom is -0.361 e. The summed E-state index contributed by atoms with van der Waals surface area (Å²) in [6.45, 7) is 6.45. The Hall–Kier alpha value is -0.920. The molecule has 110 valence electrons. The highest BCUT2D eigenvalue weighted by atomic mass is 32.2. The molecule has 0 aliphatic rings. The van der Waals surface area contributed by atoms with E-state index in [0.29, 0.717) is 12.3 Å². The van der Waals surface area contributed by atoms with Crippen molar-refractivity contribution in [1.82, 2.24) is 13.8 Å². The van der Waals surface area contributed by atoms with Crippen LogP contribution in [0.25, 0.3) is 0 Å². The van der Waals surface area contributed by atoms with Crippen LogP contribution < -0.4 is 0 Å². The molecule has 0 radical (unpaired) electrons. The summed E-state index contributed by atoms with van der Waals surface area (Å²) in [5, 5.41) is 3.84. The zero-order valence-electron chi connectivity index (χ0n) is 12.3. The van der Waals surface area contributed by atoms with Gasteiger partial charge in [-0.25, -0.2) is 0 Å². The van der Waals surface area contributed by atoms with E-state index in [1.54, 1.807) is 21.0 Å². The number of aryl methyl sites for hydroxylation is 2. The maximum absolute atomic E-state index is 12.3. The van der Waals surface area contributed by atoms with Gasteiger partial charge in [-0.05, 0) is 20.3 Å². The van der Waals surface area contributed by atoms with Crippen molar-refractivity contribution in [2.75, 3.05) is 20.6 Å². The molecule has 0 aliphatic heterocycles. The van der Waals surface area contributed by atoms with Crippen molar-refractivity contribution in [2.24, 2.45) is 0 Å². The Labute approximate surface area is 115 Å². The molecule has 1 aromatic rings. The lowest BCUT2D eigenvalue weighted by atomic mass is 10.2. The van der Waals surface area contributed by atoms with Crippen LogP contribution in [0.4, 0.5) is 0 Å². The summed E-state index contributed by atoms with van der Waals surface area (Å²) in [5.41, 5.74) is 1.56. The fourth-order valence-electron chi connectivity index (χ4n) is 1.77. The largest absolute Gasteiger partial charge is 0.361 e. The van der Waals surface area contributed by atoms with Crippen molar-refractivity contribution in [1.29, 1.82) is 0 Å². The standard InChI is InChI=1S/C12H23N3O3S/c1-6-7-8-14(4)19(16,17)15(5)9-12-10(2)13-18-11(12)3/h6-9H2,1-5H3. The fraction of sp³-hybridized carbons (Fsp3) is 0.750. The molecule has 0 atom stereocenters. The van der Waals surface area contributed by atoms with Gasteiger partial charge in [0.2, 0.25) is 0 Å². The van der Waals surface area contributed by atoms with Crippen LogP contribution >= 0.6 is 0 Å². The van der Waals surface area contributed by atoms with E-state index in [-0.39, 0.29) is 6.54 Å². The summed E-state index contributed by atoms with van der Waals surface area (Å²) in [7, 11) is -0.245. The second-order valence-electron chi connectivity index (χ2n) is 4.74. The smallest absolute Gasteiger partial charge is 0.281 e. The van der Waals surface area contributed by atoms with Crippen LogP contribution in [0.15, 0.2) is 4.52 Å². The van der Waals surface area contributed by atoms with Gasteiger partial charge in [-0.3, -0.25) is 0 Å². The summed E-state index contributed by atoms with van der Waals surface area (Å²) >= 11 is 0. The molecule has 1 heterocycles. The van der Waals surface area contributed by atoms with Crippen LogP contribution in [-0.4, -0.2) is 42.8 Å². The lowest BCUT2D eigenvalue weighted by Gasteiger charge is -2.24. The molecule has 0 N–H and O–H groups in total. The van der Waals surface area contributed by atoms with Crippen LogP contribution in [0.5, 0.6) is 0 Å². The molecule has 6 nitrogen and oxygen atoms in total. The van der Waals surface area contributed by atoms with Gasteiger partial charge < -0.3 is 4.52 Å². The Balaban J connectivity index is 2.79. The third-order valence-electron chi connectivity index (χ3n) is 3.18. The van der Waals surface area contributed by atoms with E-state index in [2.05, 4.69) is 5.16 Å². The molecule has 7 heteroatoms. The molecular formula is C12H23N3O3S. The molecule has 1 rings (SSSR count). The maximum atomic E-state index is 12.3. The second kappa shape index (κ2) is 6.49. The van der Waals surface area contributed by atoms with Gasteiger partial charge in [0, 0.05) is 32.7 Å². The third-order valence-corrected chi connectivity index (χ3v) is 5.06. The van der Waals surface area contributed by atoms with Gasteiger partial charge in [-0.1, -0.05) is 18.5 Å². The topological polar surface area (TPSA) is 66.7 Å². The quantitative estimate of drug-likeness (QED) is 0.766. The minimum atomic E-state index is -3.42. The number of hydrogen-bond donors (Lipinski definition) is 0. The first kappa shape index (κ1) is 16.1. The SMILES string of the molecule is CCCCN(C)S(=O)(=O)N(C)Cc1c(C)noc1C. The second-order valence-corrected chi connectivity index (χ2v) is 6.88. The van der Waals surface area contributed by atoms with E-state index in [4.69, 9.17) is 4.52 Å². The Kier molecular flexibility index (Phi) is 5.51. The van der Waals surface area contributed by atoms with Crippen LogP contribution in [-0.2, 0) is 16.8 Å². The van der Waals surface area contributed by atoms with Gasteiger partial charge >= 0.3 is 0 Å². The van der Waals surface area contributed by atoms with E-state index in [1.807, 2.05) is 13.8 Å². The zero-order chi connectivity index (χ0) is 14.6. The molecule has 19 heavy (non-hydrogen) atoms. The van der Waals surface area contributed by atoms with Crippen molar-refractivity contribution in [3.05, 3.63) is 17.0 Å². The van der Waals surface area contributed by atoms with E-state index in [0.717, 1.165) is 24.1 Å². The molecule has 0 fully saturated rings. The first-order valence-corrected chi connectivity index (χ1v) is 7.79.